The van der Waals surface area contributed by atoms with Gasteiger partial charge in [-0.3, -0.25) is 0 Å². The van der Waals surface area contributed by atoms with Crippen molar-refractivity contribution in [2.24, 2.45) is 5.92 Å². The van der Waals surface area contributed by atoms with E-state index in [9.17, 15) is 5.11 Å². The highest BCUT2D eigenvalue weighted by Crippen LogP contribution is 2.31. The number of hydrogen-bond donors (Lipinski definition) is 1. The van der Waals surface area contributed by atoms with Crippen molar-refractivity contribution < 1.29 is 5.11 Å². The van der Waals surface area contributed by atoms with Crippen LogP contribution in [0.5, 0.6) is 0 Å². The maximum Gasteiger partial charge on any atom is 0.0961 e. The zero-order valence-corrected chi connectivity index (χ0v) is 6.30. The van der Waals surface area contributed by atoms with Crippen LogP contribution < -0.4 is 0 Å². The Kier molecular flexibility index (Phi) is 2.23. The third-order valence-electron chi connectivity index (χ3n) is 2.39. The van der Waals surface area contributed by atoms with Crippen molar-refractivity contribution in [2.45, 2.75) is 31.1 Å². The second kappa shape index (κ2) is 2.78. The summed E-state index contributed by atoms with van der Waals surface area (Å²) < 4.78 is 0. The molecule has 1 rings (SSSR count). The molecule has 0 radical (unpaired) electrons. The molecule has 1 aliphatic rings. The Morgan fingerprint density at radius 1 is 1.33 bits per heavy atom. The van der Waals surface area contributed by atoms with E-state index in [0.717, 1.165) is 6.42 Å². The molecule has 1 aliphatic carbocycles. The first kappa shape index (κ1) is 7.20. The van der Waals surface area contributed by atoms with Gasteiger partial charge in [0.05, 0.1) is 21.8 Å². The van der Waals surface area contributed by atoms with Crippen LogP contribution in [0.2, 0.25) is 5.72 Å². The topological polar surface area (TPSA) is 20.2 Å². The Balaban J connectivity index is 2.40. The van der Waals surface area contributed by atoms with Crippen molar-refractivity contribution in [3.8, 4) is 0 Å². The normalized spacial score (nSPS) is 35.8. The van der Waals surface area contributed by atoms with Crippen molar-refractivity contribution in [1.82, 2.24) is 0 Å². The molecule has 0 aliphatic heterocycles. The molecule has 50 valence electrons. The van der Waals surface area contributed by atoms with Gasteiger partial charge in [-0.2, -0.15) is 0 Å². The average Bonchev–Trinajstić information content (AvgIpc) is 2.13. The fourth-order valence-corrected chi connectivity index (χ4v) is 1.75. The Morgan fingerprint density at radius 3 is 2.22 bits per heavy atom. The average molecular weight is 124 g/mol. The van der Waals surface area contributed by atoms with Crippen LogP contribution in [0.25, 0.3) is 0 Å². The molecule has 1 saturated carbocycles. The molecule has 1 nitrogen and oxygen atoms in total. The van der Waals surface area contributed by atoms with Gasteiger partial charge in [0.1, 0.15) is 0 Å². The second-order valence-corrected chi connectivity index (χ2v) is 3.41. The molecular formula is C6H14B2O. The first-order chi connectivity index (χ1) is 4.22. The zero-order chi connectivity index (χ0) is 6.85. The lowest BCUT2D eigenvalue weighted by Gasteiger charge is -2.17. The predicted octanol–water partition coefficient (Wildman–Crippen LogP) is -0.840. The quantitative estimate of drug-likeness (QED) is 0.451. The fraction of sp³-hybridized carbons (Fsp3) is 1.00. The highest BCUT2D eigenvalue weighted by molar-refractivity contribution is 6.35. The molecule has 2 atom stereocenters. The van der Waals surface area contributed by atoms with Gasteiger partial charge in [-0.25, -0.2) is 0 Å². The molecule has 0 aromatic heterocycles. The first-order valence-electron chi connectivity index (χ1n) is 3.90. The summed E-state index contributed by atoms with van der Waals surface area (Å²) in [4.78, 5) is 0. The zero-order valence-electron chi connectivity index (χ0n) is 6.30. The Labute approximate surface area is 58.7 Å². The SMILES string of the molecule is BC(B)C1CCCC1O. The summed E-state index contributed by atoms with van der Waals surface area (Å²) >= 11 is 0. The van der Waals surface area contributed by atoms with E-state index in [1.54, 1.807) is 0 Å². The molecule has 1 N–H and O–H groups in total. The summed E-state index contributed by atoms with van der Waals surface area (Å²) in [5, 5.41) is 9.36. The second-order valence-electron chi connectivity index (χ2n) is 3.41. The molecule has 0 bridgehead atoms. The molecule has 0 aromatic rings. The van der Waals surface area contributed by atoms with E-state index in [2.05, 4.69) is 15.7 Å². The van der Waals surface area contributed by atoms with Crippen LogP contribution in [0.1, 0.15) is 19.3 Å². The van der Waals surface area contributed by atoms with Crippen LogP contribution in [0.4, 0.5) is 0 Å². The van der Waals surface area contributed by atoms with Crippen molar-refractivity contribution >= 4 is 15.7 Å². The molecule has 0 amide bonds. The van der Waals surface area contributed by atoms with E-state index in [1.807, 2.05) is 0 Å². The van der Waals surface area contributed by atoms with Gasteiger partial charge in [0, 0.05) is 0 Å². The van der Waals surface area contributed by atoms with Gasteiger partial charge in [0.25, 0.3) is 0 Å². The number of rotatable bonds is 1. The maximum atomic E-state index is 9.36. The van der Waals surface area contributed by atoms with Crippen LogP contribution in [0.15, 0.2) is 0 Å². The number of hydrogen-bond acceptors (Lipinski definition) is 1. The summed E-state index contributed by atoms with van der Waals surface area (Å²) in [6, 6.07) is 0. The minimum absolute atomic E-state index is 0.00463. The lowest BCUT2D eigenvalue weighted by Crippen LogP contribution is -2.18. The highest BCUT2D eigenvalue weighted by Gasteiger charge is 2.26. The van der Waals surface area contributed by atoms with E-state index in [4.69, 9.17) is 0 Å². The van der Waals surface area contributed by atoms with E-state index in [1.165, 1.54) is 12.8 Å². The van der Waals surface area contributed by atoms with Gasteiger partial charge in [-0.15, -0.1) is 0 Å². The summed E-state index contributed by atoms with van der Waals surface area (Å²) in [6.07, 6.45) is 3.50. The first-order valence-corrected chi connectivity index (χ1v) is 3.90. The molecule has 0 aromatic carbocycles. The Morgan fingerprint density at radius 2 is 2.00 bits per heavy atom. The van der Waals surface area contributed by atoms with Gasteiger partial charge in [0.15, 0.2) is 0 Å². The summed E-state index contributed by atoms with van der Waals surface area (Å²) in [5.41, 5.74) is 0.669. The molecule has 0 heterocycles. The molecule has 2 unspecified atom stereocenters. The Bertz CT molecular complexity index is 95.1. The van der Waals surface area contributed by atoms with E-state index in [0.29, 0.717) is 11.6 Å². The van der Waals surface area contributed by atoms with Crippen molar-refractivity contribution in [2.75, 3.05) is 0 Å². The van der Waals surface area contributed by atoms with Gasteiger partial charge in [-0.1, -0.05) is 12.1 Å². The van der Waals surface area contributed by atoms with Crippen molar-refractivity contribution in [3.63, 3.8) is 0 Å². The fourth-order valence-electron chi connectivity index (χ4n) is 1.75. The number of aliphatic hydroxyl groups is 1. The maximum absolute atomic E-state index is 9.36. The highest BCUT2D eigenvalue weighted by atomic mass is 16.3. The number of aliphatic hydroxyl groups excluding tert-OH is 1. The van der Waals surface area contributed by atoms with Crippen LogP contribution in [-0.2, 0) is 0 Å². The van der Waals surface area contributed by atoms with E-state index < -0.39 is 0 Å². The summed E-state index contributed by atoms with van der Waals surface area (Å²) in [6.45, 7) is 0. The third kappa shape index (κ3) is 1.51. The largest absolute Gasteiger partial charge is 0.393 e. The van der Waals surface area contributed by atoms with Crippen LogP contribution in [0, 0.1) is 5.92 Å². The lowest BCUT2D eigenvalue weighted by atomic mass is 9.62. The third-order valence-corrected chi connectivity index (χ3v) is 2.39. The van der Waals surface area contributed by atoms with Gasteiger partial charge >= 0.3 is 0 Å². The molecular weight excluding hydrogens is 110 g/mol. The lowest BCUT2D eigenvalue weighted by molar-refractivity contribution is 0.138. The van der Waals surface area contributed by atoms with Crippen molar-refractivity contribution in [1.29, 1.82) is 0 Å². The van der Waals surface area contributed by atoms with E-state index >= 15 is 0 Å². The molecule has 1 fully saturated rings. The monoisotopic (exact) mass is 124 g/mol. The smallest absolute Gasteiger partial charge is 0.0961 e. The molecule has 0 spiro atoms. The minimum Gasteiger partial charge on any atom is -0.393 e. The summed E-state index contributed by atoms with van der Waals surface area (Å²) in [7, 11) is 4.39. The van der Waals surface area contributed by atoms with E-state index in [-0.39, 0.29) is 6.10 Å². The Hall–Kier alpha value is 0.0899. The van der Waals surface area contributed by atoms with Crippen molar-refractivity contribution in [3.05, 3.63) is 0 Å². The standard InChI is InChI=1S/C6H14B2O/c7-6(8)4-2-1-3-5(4)9/h4-6,9H,1-3,7-8H2. The van der Waals surface area contributed by atoms with Gasteiger partial charge in [-0.05, 0) is 18.8 Å². The molecule has 0 saturated heterocycles. The van der Waals surface area contributed by atoms with Crippen LogP contribution >= 0.6 is 0 Å². The minimum atomic E-state index is 0.00463. The molecule has 9 heavy (non-hydrogen) atoms. The van der Waals surface area contributed by atoms with Crippen LogP contribution in [0.3, 0.4) is 0 Å². The van der Waals surface area contributed by atoms with Gasteiger partial charge < -0.3 is 5.11 Å². The molecule has 3 heteroatoms. The van der Waals surface area contributed by atoms with Crippen LogP contribution in [-0.4, -0.2) is 26.9 Å². The summed E-state index contributed by atoms with van der Waals surface area (Å²) in [5.74, 6) is 0.588. The van der Waals surface area contributed by atoms with Gasteiger partial charge in [0.2, 0.25) is 0 Å². The predicted molar refractivity (Wildman–Crippen MR) is 44.2 cm³/mol.